The summed E-state index contributed by atoms with van der Waals surface area (Å²) in [6, 6.07) is 11.2. The molecule has 1 aromatic carbocycles. The van der Waals surface area contributed by atoms with Crippen molar-refractivity contribution in [2.75, 3.05) is 0 Å². The predicted octanol–water partition coefficient (Wildman–Crippen LogP) is 2.74. The Bertz CT molecular complexity index is 577. The number of nitrogens with zero attached hydrogens (tertiary/aromatic N) is 1. The largest absolute Gasteiger partial charge is 0.290 e. The molecule has 3 N–H and O–H groups in total. The van der Waals surface area contributed by atoms with E-state index in [2.05, 4.69) is 26.3 Å². The lowest BCUT2D eigenvalue weighted by atomic mass is 10.1. The fourth-order valence-corrected chi connectivity index (χ4v) is 3.04. The number of benzene rings is 1. The maximum absolute atomic E-state index is 11.4. The van der Waals surface area contributed by atoms with E-state index in [1.807, 2.05) is 24.3 Å². The van der Waals surface area contributed by atoms with Crippen molar-refractivity contribution >= 4 is 33.6 Å². The van der Waals surface area contributed by atoms with Crippen LogP contribution < -0.4 is 11.3 Å². The molecule has 0 bridgehead atoms. The quantitative estimate of drug-likeness (QED) is 0.389. The molecule has 0 radical (unpaired) electrons. The van der Waals surface area contributed by atoms with E-state index in [1.54, 1.807) is 30.1 Å². The first-order valence-corrected chi connectivity index (χ1v) is 7.32. The third kappa shape index (κ3) is 3.79. The van der Waals surface area contributed by atoms with Crippen molar-refractivity contribution in [2.24, 2.45) is 5.84 Å². The van der Waals surface area contributed by atoms with Gasteiger partial charge in [0.2, 0.25) is 0 Å². The monoisotopic (exact) mass is 337 g/mol. The molecule has 1 amide bonds. The van der Waals surface area contributed by atoms with Crippen LogP contribution in [0.4, 0.5) is 0 Å². The van der Waals surface area contributed by atoms with Gasteiger partial charge < -0.3 is 0 Å². The molecule has 0 aliphatic rings. The lowest BCUT2D eigenvalue weighted by molar-refractivity contribution is 0.0953. The number of carbonyl (C=O) groups is 1. The first-order chi connectivity index (χ1) is 9.20. The molecule has 0 aliphatic heterocycles. The highest BCUT2D eigenvalue weighted by atomic mass is 79.9. The Morgan fingerprint density at radius 1 is 1.37 bits per heavy atom. The number of carbonyl (C=O) groups excluding carboxylic acids is 1. The number of aromatic nitrogens is 1. The van der Waals surface area contributed by atoms with Crippen LogP contribution >= 0.6 is 27.7 Å². The van der Waals surface area contributed by atoms with Gasteiger partial charge in [0.1, 0.15) is 0 Å². The maximum Gasteiger partial charge on any atom is 0.265 e. The zero-order valence-electron chi connectivity index (χ0n) is 9.97. The van der Waals surface area contributed by atoms with Crippen LogP contribution in [-0.4, -0.2) is 10.9 Å². The zero-order valence-corrected chi connectivity index (χ0v) is 12.4. The first-order valence-electron chi connectivity index (χ1n) is 5.54. The number of hydrazine groups is 1. The van der Waals surface area contributed by atoms with Crippen LogP contribution in [0.2, 0.25) is 0 Å². The Morgan fingerprint density at radius 2 is 2.21 bits per heavy atom. The Labute approximate surface area is 123 Å². The Morgan fingerprint density at radius 3 is 2.84 bits per heavy atom. The van der Waals surface area contributed by atoms with Crippen molar-refractivity contribution in [2.45, 2.75) is 10.8 Å². The van der Waals surface area contributed by atoms with Crippen LogP contribution in [0.1, 0.15) is 15.9 Å². The van der Waals surface area contributed by atoms with E-state index in [0.29, 0.717) is 5.56 Å². The van der Waals surface area contributed by atoms with Crippen LogP contribution in [0.3, 0.4) is 0 Å². The molecule has 0 fully saturated rings. The number of rotatable bonds is 4. The van der Waals surface area contributed by atoms with Gasteiger partial charge in [-0.1, -0.05) is 28.1 Å². The Kier molecular flexibility index (Phi) is 4.95. The number of thioether (sulfide) groups is 1. The second-order valence-corrected chi connectivity index (χ2v) is 5.59. The number of hydrogen-bond donors (Lipinski definition) is 2. The molecule has 1 heterocycles. The molecule has 6 heteroatoms. The third-order valence-corrected chi connectivity index (χ3v) is 4.19. The van der Waals surface area contributed by atoms with E-state index in [-0.39, 0.29) is 5.91 Å². The summed E-state index contributed by atoms with van der Waals surface area (Å²) in [5.74, 6) is 5.58. The van der Waals surface area contributed by atoms with E-state index in [4.69, 9.17) is 5.84 Å². The summed E-state index contributed by atoms with van der Waals surface area (Å²) in [5, 5.41) is 0.971. The summed E-state index contributed by atoms with van der Waals surface area (Å²) in [6.07, 6.45) is 1.77. The minimum absolute atomic E-state index is 0.301. The van der Waals surface area contributed by atoms with Crippen molar-refractivity contribution in [1.29, 1.82) is 0 Å². The molecule has 4 nitrogen and oxygen atoms in total. The van der Waals surface area contributed by atoms with E-state index in [1.165, 1.54) is 0 Å². The molecular formula is C13H12BrN3OS. The highest BCUT2D eigenvalue weighted by Crippen LogP contribution is 2.26. The number of hydrogen-bond acceptors (Lipinski definition) is 4. The van der Waals surface area contributed by atoms with Crippen LogP contribution in [0.5, 0.6) is 0 Å². The SMILES string of the molecule is NNC(=O)c1ccc(CSc2ccccn2)c(Br)c1. The van der Waals surface area contributed by atoms with Gasteiger partial charge in [-0.2, -0.15) is 0 Å². The molecule has 1 aromatic heterocycles. The van der Waals surface area contributed by atoms with Gasteiger partial charge in [-0.3, -0.25) is 10.2 Å². The molecule has 2 aromatic rings. The van der Waals surface area contributed by atoms with Crippen molar-refractivity contribution in [3.8, 4) is 0 Å². The van der Waals surface area contributed by atoms with Gasteiger partial charge in [-0.25, -0.2) is 10.8 Å². The maximum atomic E-state index is 11.4. The minimum atomic E-state index is -0.301. The van der Waals surface area contributed by atoms with Gasteiger partial charge >= 0.3 is 0 Å². The lowest BCUT2D eigenvalue weighted by Gasteiger charge is -2.06. The van der Waals surface area contributed by atoms with Crippen LogP contribution in [0.25, 0.3) is 0 Å². The van der Waals surface area contributed by atoms with Crippen LogP contribution in [-0.2, 0) is 5.75 Å². The number of nitrogens with one attached hydrogen (secondary N) is 1. The van der Waals surface area contributed by atoms with Crippen LogP contribution in [0.15, 0.2) is 52.1 Å². The summed E-state index contributed by atoms with van der Waals surface area (Å²) < 4.78 is 0.886. The number of amides is 1. The number of nitrogens with two attached hydrogens (primary N) is 1. The molecule has 0 aliphatic carbocycles. The van der Waals surface area contributed by atoms with Crippen LogP contribution in [0, 0.1) is 0 Å². The van der Waals surface area contributed by atoms with Crippen molar-refractivity contribution in [3.05, 3.63) is 58.2 Å². The summed E-state index contributed by atoms with van der Waals surface area (Å²) in [6.45, 7) is 0. The number of nitrogen functional groups attached to an aromatic ring is 1. The topological polar surface area (TPSA) is 68.0 Å². The molecule has 98 valence electrons. The second kappa shape index (κ2) is 6.70. The van der Waals surface area contributed by atoms with Crippen molar-refractivity contribution < 1.29 is 4.79 Å². The highest BCUT2D eigenvalue weighted by Gasteiger charge is 2.07. The second-order valence-electron chi connectivity index (χ2n) is 3.74. The van der Waals surface area contributed by atoms with E-state index in [0.717, 1.165) is 20.8 Å². The Balaban J connectivity index is 2.07. The predicted molar refractivity (Wildman–Crippen MR) is 79.6 cm³/mol. The highest BCUT2D eigenvalue weighted by molar-refractivity contribution is 9.10. The molecule has 0 unspecified atom stereocenters. The molecule has 19 heavy (non-hydrogen) atoms. The lowest BCUT2D eigenvalue weighted by Crippen LogP contribution is -2.29. The van der Waals surface area contributed by atoms with E-state index >= 15 is 0 Å². The van der Waals surface area contributed by atoms with Gasteiger partial charge in [-0.05, 0) is 29.8 Å². The summed E-state index contributed by atoms with van der Waals surface area (Å²) in [5.41, 5.74) is 3.74. The smallest absolute Gasteiger partial charge is 0.265 e. The van der Waals surface area contributed by atoms with E-state index in [9.17, 15) is 4.79 Å². The first kappa shape index (κ1) is 14.0. The zero-order chi connectivity index (χ0) is 13.7. The van der Waals surface area contributed by atoms with E-state index < -0.39 is 0 Å². The van der Waals surface area contributed by atoms with Crippen molar-refractivity contribution in [1.82, 2.24) is 10.4 Å². The molecule has 2 rings (SSSR count). The fourth-order valence-electron chi connectivity index (χ4n) is 1.47. The summed E-state index contributed by atoms with van der Waals surface area (Å²) in [7, 11) is 0. The number of halogens is 1. The van der Waals surface area contributed by atoms with Gasteiger partial charge in [0.05, 0.1) is 5.03 Å². The van der Waals surface area contributed by atoms with Gasteiger partial charge in [0.25, 0.3) is 5.91 Å². The minimum Gasteiger partial charge on any atom is -0.290 e. The molecule has 0 atom stereocenters. The van der Waals surface area contributed by atoms with Gasteiger partial charge in [0, 0.05) is 22.0 Å². The van der Waals surface area contributed by atoms with Gasteiger partial charge in [0.15, 0.2) is 0 Å². The Hall–Kier alpha value is -1.37. The van der Waals surface area contributed by atoms with Gasteiger partial charge in [-0.15, -0.1) is 11.8 Å². The third-order valence-electron chi connectivity index (χ3n) is 2.46. The fraction of sp³-hybridized carbons (Fsp3) is 0.0769. The molecule has 0 saturated heterocycles. The average Bonchev–Trinajstić information content (AvgIpc) is 2.46. The normalized spacial score (nSPS) is 10.2. The standard InChI is InChI=1S/C13H12BrN3OS/c14-11-7-9(13(18)17-15)4-5-10(11)8-19-12-3-1-2-6-16-12/h1-7H,8,15H2,(H,17,18). The average molecular weight is 338 g/mol. The summed E-state index contributed by atoms with van der Waals surface area (Å²) >= 11 is 5.10. The molecule has 0 spiro atoms. The number of pyridine rings is 1. The molecular weight excluding hydrogens is 326 g/mol. The van der Waals surface area contributed by atoms with Crippen molar-refractivity contribution in [3.63, 3.8) is 0 Å². The summed E-state index contributed by atoms with van der Waals surface area (Å²) in [4.78, 5) is 15.6. The molecule has 0 saturated carbocycles.